The number of hydrogen-bond donors (Lipinski definition) is 4. The van der Waals surface area contributed by atoms with Crippen LogP contribution in [-0.2, 0) is 0 Å². The number of rotatable bonds is 3. The van der Waals surface area contributed by atoms with Crippen molar-refractivity contribution in [1.82, 2.24) is 10.4 Å². The molecule has 1 heterocycles. The summed E-state index contributed by atoms with van der Waals surface area (Å²) in [5, 5.41) is 14.4. The van der Waals surface area contributed by atoms with Gasteiger partial charge in [-0.2, -0.15) is 5.10 Å². The van der Waals surface area contributed by atoms with E-state index in [1.807, 2.05) is 0 Å². The van der Waals surface area contributed by atoms with Crippen molar-refractivity contribution in [3.8, 4) is 0 Å². The third-order valence-corrected chi connectivity index (χ3v) is 1.53. The summed E-state index contributed by atoms with van der Waals surface area (Å²) in [5.74, 6) is 0. The molecule has 84 valence electrons. The summed E-state index contributed by atoms with van der Waals surface area (Å²) in [4.78, 5) is 14.4. The number of carbonyl (C=O) groups is 1. The highest BCUT2D eigenvalue weighted by atomic mass is 32.1. The monoisotopic (exact) mass is 239 g/mol. The van der Waals surface area contributed by atoms with E-state index < -0.39 is 6.09 Å². The molecule has 0 fully saturated rings. The first-order valence-electron chi connectivity index (χ1n) is 4.13. The summed E-state index contributed by atoms with van der Waals surface area (Å²) in [6, 6.07) is 3.16. The zero-order chi connectivity index (χ0) is 12.0. The average molecular weight is 239 g/mol. The Bertz CT molecular complexity index is 434. The molecule has 0 saturated heterocycles. The number of nitrogens with one attached hydrogen (secondary N) is 2. The zero-order valence-corrected chi connectivity index (χ0v) is 8.86. The van der Waals surface area contributed by atoms with Crippen molar-refractivity contribution >= 4 is 35.3 Å². The smallest absolute Gasteiger partial charge is 0.409 e. The number of carboxylic acid groups (broad SMARTS) is 1. The van der Waals surface area contributed by atoms with Crippen LogP contribution in [0.25, 0.3) is 0 Å². The number of hydrazone groups is 1. The Hall–Kier alpha value is -2.22. The van der Waals surface area contributed by atoms with Crippen LogP contribution in [0, 0.1) is 0 Å². The third kappa shape index (κ3) is 3.88. The topological polar surface area (TPSA) is 113 Å². The lowest BCUT2D eigenvalue weighted by atomic mass is 10.3. The third-order valence-electron chi connectivity index (χ3n) is 1.44. The van der Waals surface area contributed by atoms with E-state index in [0.717, 1.165) is 0 Å². The molecule has 0 spiro atoms. The lowest BCUT2D eigenvalue weighted by Gasteiger charge is -2.03. The fraction of sp³-hybridized carbons (Fsp3) is 0. The SMILES string of the molecule is NC(=S)NN=Cc1ncccc1NC(=O)O. The van der Waals surface area contributed by atoms with Gasteiger partial charge in [-0.05, 0) is 24.4 Å². The highest BCUT2D eigenvalue weighted by molar-refractivity contribution is 7.80. The van der Waals surface area contributed by atoms with E-state index in [2.05, 4.69) is 33.0 Å². The van der Waals surface area contributed by atoms with Gasteiger partial charge < -0.3 is 10.8 Å². The van der Waals surface area contributed by atoms with Gasteiger partial charge in [0.15, 0.2) is 5.11 Å². The second-order valence-corrected chi connectivity index (χ2v) is 3.04. The van der Waals surface area contributed by atoms with Crippen LogP contribution in [0.2, 0.25) is 0 Å². The molecule has 0 atom stereocenters. The lowest BCUT2D eigenvalue weighted by Crippen LogP contribution is -2.24. The molecule has 16 heavy (non-hydrogen) atoms. The van der Waals surface area contributed by atoms with Crippen LogP contribution < -0.4 is 16.5 Å². The number of anilines is 1. The molecule has 1 rings (SSSR count). The predicted molar refractivity (Wildman–Crippen MR) is 63.4 cm³/mol. The minimum absolute atomic E-state index is 0.0138. The standard InChI is InChI=1S/C8H9N5O2S/c9-7(16)13-11-4-6-5(12-8(14)15)2-1-3-10-6/h1-4,12H,(H,14,15)(H3,9,13,16). The van der Waals surface area contributed by atoms with Crippen molar-refractivity contribution in [2.24, 2.45) is 10.8 Å². The van der Waals surface area contributed by atoms with E-state index in [0.29, 0.717) is 11.4 Å². The molecule has 5 N–H and O–H groups in total. The Labute approximate surface area is 96.4 Å². The van der Waals surface area contributed by atoms with Crippen molar-refractivity contribution in [3.05, 3.63) is 24.0 Å². The average Bonchev–Trinajstić information content (AvgIpc) is 2.19. The maximum Gasteiger partial charge on any atom is 0.409 e. The normalized spacial score (nSPS) is 10.0. The van der Waals surface area contributed by atoms with Gasteiger partial charge in [-0.25, -0.2) is 4.79 Å². The van der Waals surface area contributed by atoms with Gasteiger partial charge in [-0.3, -0.25) is 15.7 Å². The van der Waals surface area contributed by atoms with Gasteiger partial charge in [0.05, 0.1) is 11.9 Å². The Morgan fingerprint density at radius 1 is 1.69 bits per heavy atom. The number of nitrogens with two attached hydrogens (primary N) is 1. The fourth-order valence-corrected chi connectivity index (χ4v) is 0.951. The largest absolute Gasteiger partial charge is 0.465 e. The molecule has 1 aromatic heterocycles. The molecule has 8 heteroatoms. The van der Waals surface area contributed by atoms with Crippen LogP contribution in [-0.4, -0.2) is 27.5 Å². The second kappa shape index (κ2) is 5.61. The predicted octanol–water partition coefficient (Wildman–Crippen LogP) is 0.339. The van der Waals surface area contributed by atoms with Crippen molar-refractivity contribution in [3.63, 3.8) is 0 Å². The summed E-state index contributed by atoms with van der Waals surface area (Å²) in [5.41, 5.74) is 8.17. The molecular formula is C8H9N5O2S. The molecule has 1 aromatic rings. The zero-order valence-electron chi connectivity index (χ0n) is 8.04. The lowest BCUT2D eigenvalue weighted by molar-refractivity contribution is 0.209. The molecule has 0 aliphatic rings. The van der Waals surface area contributed by atoms with Crippen LogP contribution >= 0.6 is 12.2 Å². The van der Waals surface area contributed by atoms with Crippen molar-refractivity contribution in [2.75, 3.05) is 5.32 Å². The van der Waals surface area contributed by atoms with E-state index in [4.69, 9.17) is 10.8 Å². The highest BCUT2D eigenvalue weighted by Gasteiger charge is 2.03. The minimum Gasteiger partial charge on any atom is -0.465 e. The van der Waals surface area contributed by atoms with Gasteiger partial charge in [0.2, 0.25) is 0 Å². The molecule has 0 aliphatic carbocycles. The van der Waals surface area contributed by atoms with Gasteiger partial charge >= 0.3 is 6.09 Å². The summed E-state index contributed by atoms with van der Waals surface area (Å²) >= 11 is 4.54. The Kier molecular flexibility index (Phi) is 4.16. The number of aromatic nitrogens is 1. The quantitative estimate of drug-likeness (QED) is 0.343. The number of pyridine rings is 1. The Morgan fingerprint density at radius 3 is 3.06 bits per heavy atom. The Morgan fingerprint density at radius 2 is 2.44 bits per heavy atom. The van der Waals surface area contributed by atoms with Gasteiger partial charge in [0, 0.05) is 6.20 Å². The number of hydrogen-bond acceptors (Lipinski definition) is 4. The fourth-order valence-electron chi connectivity index (χ4n) is 0.898. The van der Waals surface area contributed by atoms with Crippen LogP contribution in [0.1, 0.15) is 5.69 Å². The highest BCUT2D eigenvalue weighted by Crippen LogP contribution is 2.09. The van der Waals surface area contributed by atoms with Crippen LogP contribution in [0.5, 0.6) is 0 Å². The molecule has 0 radical (unpaired) electrons. The molecule has 1 amide bonds. The van der Waals surface area contributed by atoms with E-state index in [1.54, 1.807) is 12.1 Å². The van der Waals surface area contributed by atoms with E-state index in [9.17, 15) is 4.79 Å². The van der Waals surface area contributed by atoms with E-state index in [1.165, 1.54) is 12.4 Å². The number of nitrogens with zero attached hydrogens (tertiary/aromatic N) is 2. The molecule has 0 aliphatic heterocycles. The molecule has 0 saturated carbocycles. The van der Waals surface area contributed by atoms with Gasteiger partial charge in [0.25, 0.3) is 0 Å². The van der Waals surface area contributed by atoms with Crippen LogP contribution in [0.15, 0.2) is 23.4 Å². The van der Waals surface area contributed by atoms with E-state index in [-0.39, 0.29) is 5.11 Å². The number of thiocarbonyl (C=S) groups is 1. The maximum atomic E-state index is 10.5. The minimum atomic E-state index is -1.18. The second-order valence-electron chi connectivity index (χ2n) is 2.60. The van der Waals surface area contributed by atoms with E-state index >= 15 is 0 Å². The maximum absolute atomic E-state index is 10.5. The van der Waals surface area contributed by atoms with Crippen molar-refractivity contribution < 1.29 is 9.90 Å². The van der Waals surface area contributed by atoms with Gasteiger partial charge in [-0.15, -0.1) is 0 Å². The summed E-state index contributed by atoms with van der Waals surface area (Å²) in [6.45, 7) is 0. The summed E-state index contributed by atoms with van der Waals surface area (Å²) < 4.78 is 0. The molecule has 0 aromatic carbocycles. The molecule has 0 bridgehead atoms. The van der Waals surface area contributed by atoms with Crippen LogP contribution in [0.3, 0.4) is 0 Å². The van der Waals surface area contributed by atoms with Crippen molar-refractivity contribution in [1.29, 1.82) is 0 Å². The van der Waals surface area contributed by atoms with Crippen molar-refractivity contribution in [2.45, 2.75) is 0 Å². The molecule has 7 nitrogen and oxygen atoms in total. The van der Waals surface area contributed by atoms with Gasteiger partial charge in [0.1, 0.15) is 5.69 Å². The Balaban J connectivity index is 2.82. The first-order chi connectivity index (χ1) is 7.59. The molecular weight excluding hydrogens is 230 g/mol. The summed E-state index contributed by atoms with van der Waals surface area (Å²) in [6.07, 6.45) is 1.64. The van der Waals surface area contributed by atoms with Crippen LogP contribution in [0.4, 0.5) is 10.5 Å². The first-order valence-corrected chi connectivity index (χ1v) is 4.54. The first kappa shape index (κ1) is 11.9. The molecule has 0 unspecified atom stereocenters. The van der Waals surface area contributed by atoms with Gasteiger partial charge in [-0.1, -0.05) is 0 Å². The summed E-state index contributed by atoms with van der Waals surface area (Å²) in [7, 11) is 0. The number of amides is 1.